The van der Waals surface area contributed by atoms with E-state index in [2.05, 4.69) is 34.6 Å². The summed E-state index contributed by atoms with van der Waals surface area (Å²) < 4.78 is 0. The Morgan fingerprint density at radius 1 is 1.39 bits per heavy atom. The molecule has 0 radical (unpaired) electrons. The normalized spacial score (nSPS) is 10.4. The lowest BCUT2D eigenvalue weighted by molar-refractivity contribution is -0.115. The minimum absolute atomic E-state index is 0.00323. The summed E-state index contributed by atoms with van der Waals surface area (Å²) in [6.07, 6.45) is 3.22. The first kappa shape index (κ1) is 14.4. The SMILES string of the molecule is CCC(=O)Nc1ccc(NCCCN(C)C)nc1. The average Bonchev–Trinajstić information content (AvgIpc) is 2.36. The Kier molecular flexibility index (Phi) is 6.14. The highest BCUT2D eigenvalue weighted by atomic mass is 16.1. The van der Waals surface area contributed by atoms with Crippen molar-refractivity contribution in [3.63, 3.8) is 0 Å². The summed E-state index contributed by atoms with van der Waals surface area (Å²) in [5.74, 6) is 0.840. The minimum Gasteiger partial charge on any atom is -0.370 e. The molecule has 0 aliphatic rings. The summed E-state index contributed by atoms with van der Waals surface area (Å²) in [5, 5.41) is 6.01. The van der Waals surface area contributed by atoms with Gasteiger partial charge in [0.2, 0.25) is 5.91 Å². The molecule has 0 aliphatic heterocycles. The lowest BCUT2D eigenvalue weighted by atomic mass is 10.3. The van der Waals surface area contributed by atoms with E-state index in [1.165, 1.54) is 0 Å². The quantitative estimate of drug-likeness (QED) is 0.724. The van der Waals surface area contributed by atoms with Gasteiger partial charge in [-0.05, 0) is 39.2 Å². The molecule has 1 heterocycles. The topological polar surface area (TPSA) is 57.3 Å². The van der Waals surface area contributed by atoms with E-state index >= 15 is 0 Å². The first-order valence-electron chi connectivity index (χ1n) is 6.26. The zero-order valence-electron chi connectivity index (χ0n) is 11.4. The van der Waals surface area contributed by atoms with Crippen LogP contribution in [-0.4, -0.2) is 43.0 Å². The molecule has 0 atom stereocenters. The maximum atomic E-state index is 11.2. The molecule has 100 valence electrons. The minimum atomic E-state index is 0.00323. The second kappa shape index (κ2) is 7.66. The molecule has 0 unspecified atom stereocenters. The third-order valence-electron chi connectivity index (χ3n) is 2.46. The van der Waals surface area contributed by atoms with Crippen molar-refractivity contribution in [2.45, 2.75) is 19.8 Å². The van der Waals surface area contributed by atoms with Crippen LogP contribution in [0.25, 0.3) is 0 Å². The summed E-state index contributed by atoms with van der Waals surface area (Å²) in [5.41, 5.74) is 0.737. The van der Waals surface area contributed by atoms with Crippen LogP contribution in [0.4, 0.5) is 11.5 Å². The van der Waals surface area contributed by atoms with Crippen LogP contribution in [0.1, 0.15) is 19.8 Å². The van der Waals surface area contributed by atoms with E-state index in [1.807, 2.05) is 19.1 Å². The van der Waals surface area contributed by atoms with Gasteiger partial charge in [0.15, 0.2) is 0 Å². The third-order valence-corrected chi connectivity index (χ3v) is 2.46. The van der Waals surface area contributed by atoms with E-state index in [9.17, 15) is 4.79 Å². The van der Waals surface area contributed by atoms with Gasteiger partial charge in [-0.3, -0.25) is 4.79 Å². The van der Waals surface area contributed by atoms with Crippen molar-refractivity contribution in [3.05, 3.63) is 18.3 Å². The molecular formula is C13H22N4O. The highest BCUT2D eigenvalue weighted by Gasteiger charge is 1.99. The van der Waals surface area contributed by atoms with E-state index in [0.717, 1.165) is 31.0 Å². The van der Waals surface area contributed by atoms with Crippen molar-refractivity contribution in [1.82, 2.24) is 9.88 Å². The number of hydrogen-bond donors (Lipinski definition) is 2. The van der Waals surface area contributed by atoms with Crippen LogP contribution in [0, 0.1) is 0 Å². The third kappa shape index (κ3) is 5.63. The summed E-state index contributed by atoms with van der Waals surface area (Å²) in [4.78, 5) is 17.6. The second-order valence-electron chi connectivity index (χ2n) is 4.42. The fraction of sp³-hybridized carbons (Fsp3) is 0.538. The molecule has 0 aromatic carbocycles. The average molecular weight is 250 g/mol. The van der Waals surface area contributed by atoms with Crippen LogP contribution in [0.2, 0.25) is 0 Å². The monoisotopic (exact) mass is 250 g/mol. The molecule has 18 heavy (non-hydrogen) atoms. The lowest BCUT2D eigenvalue weighted by Crippen LogP contribution is -2.16. The highest BCUT2D eigenvalue weighted by molar-refractivity contribution is 5.90. The second-order valence-corrected chi connectivity index (χ2v) is 4.42. The fourth-order valence-electron chi connectivity index (χ4n) is 1.43. The molecule has 1 amide bonds. The number of pyridine rings is 1. The zero-order valence-corrected chi connectivity index (χ0v) is 11.4. The summed E-state index contributed by atoms with van der Waals surface area (Å²) >= 11 is 0. The van der Waals surface area contributed by atoms with Crippen molar-refractivity contribution in [3.8, 4) is 0 Å². The van der Waals surface area contributed by atoms with Gasteiger partial charge in [0.1, 0.15) is 5.82 Å². The lowest BCUT2D eigenvalue weighted by Gasteiger charge is -2.10. The Labute approximate surface area is 109 Å². The van der Waals surface area contributed by atoms with E-state index in [4.69, 9.17) is 0 Å². The largest absolute Gasteiger partial charge is 0.370 e. The van der Waals surface area contributed by atoms with Crippen molar-refractivity contribution in [2.75, 3.05) is 37.8 Å². The number of hydrogen-bond acceptors (Lipinski definition) is 4. The molecule has 5 nitrogen and oxygen atoms in total. The van der Waals surface area contributed by atoms with Crippen LogP contribution < -0.4 is 10.6 Å². The van der Waals surface area contributed by atoms with Crippen LogP contribution in [0.5, 0.6) is 0 Å². The molecular weight excluding hydrogens is 228 g/mol. The maximum absolute atomic E-state index is 11.2. The van der Waals surface area contributed by atoms with Gasteiger partial charge < -0.3 is 15.5 Å². The van der Waals surface area contributed by atoms with Crippen molar-refractivity contribution in [1.29, 1.82) is 0 Å². The molecule has 0 saturated carbocycles. The van der Waals surface area contributed by atoms with Crippen LogP contribution in [0.3, 0.4) is 0 Å². The standard InChI is InChI=1S/C13H22N4O/c1-4-13(18)16-11-6-7-12(15-10-11)14-8-5-9-17(2)3/h6-7,10H,4-5,8-9H2,1-3H3,(H,14,15)(H,16,18). The number of anilines is 2. The molecule has 0 aliphatic carbocycles. The van der Waals surface area contributed by atoms with Crippen LogP contribution >= 0.6 is 0 Å². The van der Waals surface area contributed by atoms with Crippen molar-refractivity contribution in [2.24, 2.45) is 0 Å². The van der Waals surface area contributed by atoms with Gasteiger partial charge >= 0.3 is 0 Å². The van der Waals surface area contributed by atoms with E-state index in [0.29, 0.717) is 6.42 Å². The van der Waals surface area contributed by atoms with Crippen LogP contribution in [-0.2, 0) is 4.79 Å². The molecule has 1 aromatic rings. The van der Waals surface area contributed by atoms with E-state index in [-0.39, 0.29) is 5.91 Å². The van der Waals surface area contributed by atoms with Crippen LogP contribution in [0.15, 0.2) is 18.3 Å². The van der Waals surface area contributed by atoms with Gasteiger partial charge in [0.05, 0.1) is 11.9 Å². The highest BCUT2D eigenvalue weighted by Crippen LogP contribution is 2.09. The summed E-state index contributed by atoms with van der Waals surface area (Å²) in [6, 6.07) is 3.73. The molecule has 0 fully saturated rings. The van der Waals surface area contributed by atoms with Gasteiger partial charge in [0, 0.05) is 13.0 Å². The fourth-order valence-corrected chi connectivity index (χ4v) is 1.43. The van der Waals surface area contributed by atoms with Gasteiger partial charge in [-0.25, -0.2) is 4.98 Å². The maximum Gasteiger partial charge on any atom is 0.224 e. The summed E-state index contributed by atoms with van der Waals surface area (Å²) in [6.45, 7) is 3.77. The Balaban J connectivity index is 2.33. The number of carbonyl (C=O) groups excluding carboxylic acids is 1. The predicted molar refractivity (Wildman–Crippen MR) is 74.8 cm³/mol. The number of aromatic nitrogens is 1. The van der Waals surface area contributed by atoms with E-state index < -0.39 is 0 Å². The molecule has 1 aromatic heterocycles. The molecule has 0 bridgehead atoms. The molecule has 0 spiro atoms. The molecule has 2 N–H and O–H groups in total. The van der Waals surface area contributed by atoms with Gasteiger partial charge in [0.25, 0.3) is 0 Å². The first-order chi connectivity index (χ1) is 8.61. The van der Waals surface area contributed by atoms with Gasteiger partial charge in [-0.1, -0.05) is 6.92 Å². The number of nitrogens with zero attached hydrogens (tertiary/aromatic N) is 2. The zero-order chi connectivity index (χ0) is 13.4. The number of nitrogens with one attached hydrogen (secondary N) is 2. The molecule has 0 saturated heterocycles. The molecule has 1 rings (SSSR count). The number of carbonyl (C=O) groups is 1. The Morgan fingerprint density at radius 3 is 2.72 bits per heavy atom. The smallest absolute Gasteiger partial charge is 0.224 e. The Hall–Kier alpha value is -1.62. The van der Waals surface area contributed by atoms with Gasteiger partial charge in [-0.15, -0.1) is 0 Å². The van der Waals surface area contributed by atoms with Gasteiger partial charge in [-0.2, -0.15) is 0 Å². The van der Waals surface area contributed by atoms with E-state index in [1.54, 1.807) is 6.20 Å². The number of rotatable bonds is 7. The Bertz CT molecular complexity index is 362. The first-order valence-corrected chi connectivity index (χ1v) is 6.26. The molecule has 5 heteroatoms. The Morgan fingerprint density at radius 2 is 2.17 bits per heavy atom. The number of amides is 1. The van der Waals surface area contributed by atoms with Crippen molar-refractivity contribution >= 4 is 17.4 Å². The summed E-state index contributed by atoms with van der Waals surface area (Å²) in [7, 11) is 4.12. The predicted octanol–water partition coefficient (Wildman–Crippen LogP) is 1.79. The van der Waals surface area contributed by atoms with Crippen molar-refractivity contribution < 1.29 is 4.79 Å².